The summed E-state index contributed by atoms with van der Waals surface area (Å²) in [5, 5.41) is 0. The fourth-order valence-electron chi connectivity index (χ4n) is 2.09. The van der Waals surface area contributed by atoms with Crippen molar-refractivity contribution in [3.05, 3.63) is 42.8 Å². The Hall–Kier alpha value is -0.380. The highest BCUT2D eigenvalue weighted by Crippen LogP contribution is 2.21. The molecule has 1 aliphatic rings. The van der Waals surface area contributed by atoms with Crippen molar-refractivity contribution in [3.63, 3.8) is 0 Å². The van der Waals surface area contributed by atoms with Crippen LogP contribution in [0.15, 0.2) is 30.3 Å². The zero-order valence-electron chi connectivity index (χ0n) is 10.0. The molecule has 1 radical (unpaired) electrons. The molecule has 17 heavy (non-hydrogen) atoms. The summed E-state index contributed by atoms with van der Waals surface area (Å²) in [6.07, 6.45) is 1.40. The number of alkyl halides is 1. The van der Waals surface area contributed by atoms with Gasteiger partial charge in [-0.25, -0.2) is 0 Å². The molecule has 1 aliphatic heterocycles. The zero-order chi connectivity index (χ0) is 12.1. The van der Waals surface area contributed by atoms with Gasteiger partial charge >= 0.3 is 0 Å². The molecule has 0 spiro atoms. The average Bonchev–Trinajstić information content (AvgIpc) is 2.39. The van der Waals surface area contributed by atoms with E-state index >= 15 is 0 Å². The Balaban J connectivity index is 1.85. The van der Waals surface area contributed by atoms with Crippen LogP contribution >= 0.6 is 15.9 Å². The van der Waals surface area contributed by atoms with Crippen molar-refractivity contribution < 1.29 is 4.74 Å². The summed E-state index contributed by atoms with van der Waals surface area (Å²) in [6, 6.07) is 10.3. The number of hydrogen-bond donors (Lipinski definition) is 0. The lowest BCUT2D eigenvalue weighted by Gasteiger charge is -2.35. The van der Waals surface area contributed by atoms with Gasteiger partial charge in [0.15, 0.2) is 0 Å². The predicted octanol–water partition coefficient (Wildman–Crippen LogP) is 2.88. The number of hydrogen-bond acceptors (Lipinski definition) is 2. The van der Waals surface area contributed by atoms with Gasteiger partial charge in [-0.1, -0.05) is 46.3 Å². The molecule has 0 bridgehead atoms. The first-order valence-corrected chi connectivity index (χ1v) is 7.02. The molecule has 1 aromatic rings. The SMILES string of the molecule is [CH2]CN1CCC(Br)C(OCc2ccccc2)C1. The van der Waals surface area contributed by atoms with Gasteiger partial charge in [0.2, 0.25) is 0 Å². The van der Waals surface area contributed by atoms with E-state index in [1.165, 1.54) is 5.56 Å². The monoisotopic (exact) mass is 296 g/mol. The van der Waals surface area contributed by atoms with Crippen LogP contribution in [0.3, 0.4) is 0 Å². The van der Waals surface area contributed by atoms with Crippen molar-refractivity contribution in [1.82, 2.24) is 4.90 Å². The molecule has 2 nitrogen and oxygen atoms in total. The maximum absolute atomic E-state index is 6.00. The van der Waals surface area contributed by atoms with Crippen molar-refractivity contribution >= 4 is 15.9 Å². The minimum atomic E-state index is 0.269. The van der Waals surface area contributed by atoms with Crippen LogP contribution in [-0.2, 0) is 11.3 Å². The number of piperidine rings is 1. The Bertz CT molecular complexity index is 330. The number of ether oxygens (including phenoxy) is 1. The van der Waals surface area contributed by atoms with Gasteiger partial charge in [0, 0.05) is 11.4 Å². The molecular weight excluding hydrogens is 278 g/mol. The fourth-order valence-corrected chi connectivity index (χ4v) is 2.61. The quantitative estimate of drug-likeness (QED) is 0.792. The van der Waals surface area contributed by atoms with E-state index in [1.54, 1.807) is 0 Å². The molecular formula is C14H19BrNO. The van der Waals surface area contributed by atoms with Crippen LogP contribution in [0.2, 0.25) is 0 Å². The lowest BCUT2D eigenvalue weighted by molar-refractivity contribution is -0.00144. The van der Waals surface area contributed by atoms with Crippen molar-refractivity contribution in [2.24, 2.45) is 0 Å². The first kappa shape index (κ1) is 13.1. The van der Waals surface area contributed by atoms with Crippen LogP contribution in [0.25, 0.3) is 0 Å². The third-order valence-electron chi connectivity index (χ3n) is 3.19. The minimum Gasteiger partial charge on any atom is -0.371 e. The van der Waals surface area contributed by atoms with Crippen molar-refractivity contribution in [3.8, 4) is 0 Å². The Labute approximate surface area is 112 Å². The van der Waals surface area contributed by atoms with E-state index in [0.29, 0.717) is 11.4 Å². The summed E-state index contributed by atoms with van der Waals surface area (Å²) in [5.74, 6) is 0. The normalized spacial score (nSPS) is 26.0. The van der Waals surface area contributed by atoms with Gasteiger partial charge in [-0.05, 0) is 32.0 Å². The maximum Gasteiger partial charge on any atom is 0.0831 e. The molecule has 3 heteroatoms. The zero-order valence-corrected chi connectivity index (χ0v) is 11.6. The summed E-state index contributed by atoms with van der Waals surface area (Å²) in [4.78, 5) is 2.81. The summed E-state index contributed by atoms with van der Waals surface area (Å²) < 4.78 is 6.00. The second kappa shape index (κ2) is 6.53. The highest BCUT2D eigenvalue weighted by Gasteiger charge is 2.27. The van der Waals surface area contributed by atoms with Crippen LogP contribution in [0, 0.1) is 6.92 Å². The molecule has 0 amide bonds. The van der Waals surface area contributed by atoms with E-state index in [9.17, 15) is 0 Å². The smallest absolute Gasteiger partial charge is 0.0831 e. The van der Waals surface area contributed by atoms with Gasteiger partial charge in [0.05, 0.1) is 12.7 Å². The lowest BCUT2D eigenvalue weighted by Crippen LogP contribution is -2.45. The summed E-state index contributed by atoms with van der Waals surface area (Å²) in [5.41, 5.74) is 1.24. The second-order valence-electron chi connectivity index (χ2n) is 4.44. The number of halogens is 1. The van der Waals surface area contributed by atoms with Crippen LogP contribution in [-0.4, -0.2) is 35.5 Å². The lowest BCUT2D eigenvalue weighted by atomic mass is 10.1. The van der Waals surface area contributed by atoms with E-state index in [1.807, 2.05) is 18.2 Å². The molecule has 0 aliphatic carbocycles. The topological polar surface area (TPSA) is 12.5 Å². The van der Waals surface area contributed by atoms with Gasteiger partial charge in [-0.15, -0.1) is 0 Å². The van der Waals surface area contributed by atoms with Gasteiger partial charge in [-0.2, -0.15) is 0 Å². The molecule has 93 valence electrons. The van der Waals surface area contributed by atoms with Gasteiger partial charge in [-0.3, -0.25) is 0 Å². The van der Waals surface area contributed by atoms with Gasteiger partial charge < -0.3 is 9.64 Å². The van der Waals surface area contributed by atoms with E-state index in [4.69, 9.17) is 4.74 Å². The first-order chi connectivity index (χ1) is 8.29. The third-order valence-corrected chi connectivity index (χ3v) is 4.23. The molecule has 2 atom stereocenters. The molecule has 1 aromatic carbocycles. The van der Waals surface area contributed by atoms with Crippen LogP contribution in [0.4, 0.5) is 0 Å². The molecule has 0 saturated carbocycles. The Morgan fingerprint density at radius 1 is 1.35 bits per heavy atom. The molecule has 1 fully saturated rings. The largest absolute Gasteiger partial charge is 0.371 e. The average molecular weight is 297 g/mol. The van der Waals surface area contributed by atoms with Crippen molar-refractivity contribution in [2.75, 3.05) is 19.6 Å². The summed E-state index contributed by atoms with van der Waals surface area (Å²) >= 11 is 3.71. The summed E-state index contributed by atoms with van der Waals surface area (Å²) in [7, 11) is 0. The Morgan fingerprint density at radius 2 is 2.12 bits per heavy atom. The Morgan fingerprint density at radius 3 is 2.82 bits per heavy atom. The summed E-state index contributed by atoms with van der Waals surface area (Å²) in [6.45, 7) is 7.60. The highest BCUT2D eigenvalue weighted by atomic mass is 79.9. The molecule has 0 aromatic heterocycles. The van der Waals surface area contributed by atoms with Crippen LogP contribution in [0.1, 0.15) is 12.0 Å². The van der Waals surface area contributed by atoms with Crippen molar-refractivity contribution in [1.29, 1.82) is 0 Å². The standard InChI is InChI=1S/C14H19BrNO/c1-2-16-9-8-13(15)14(10-16)17-11-12-6-4-3-5-7-12/h3-7,13-14H,1-2,8-11H2. The second-order valence-corrected chi connectivity index (χ2v) is 5.62. The molecule has 2 rings (SSSR count). The third kappa shape index (κ3) is 3.80. The fraction of sp³-hybridized carbons (Fsp3) is 0.500. The first-order valence-electron chi connectivity index (χ1n) is 6.11. The minimum absolute atomic E-state index is 0.269. The van der Waals surface area contributed by atoms with E-state index in [0.717, 1.165) is 26.1 Å². The van der Waals surface area contributed by atoms with Gasteiger partial charge in [0.25, 0.3) is 0 Å². The highest BCUT2D eigenvalue weighted by molar-refractivity contribution is 9.09. The molecule has 1 saturated heterocycles. The molecule has 1 heterocycles. The van der Waals surface area contributed by atoms with Crippen LogP contribution < -0.4 is 0 Å². The van der Waals surface area contributed by atoms with E-state index < -0.39 is 0 Å². The number of nitrogens with zero attached hydrogens (tertiary/aromatic N) is 1. The Kier molecular flexibility index (Phi) is 5.01. The van der Waals surface area contributed by atoms with E-state index in [-0.39, 0.29) is 6.10 Å². The number of rotatable bonds is 4. The van der Waals surface area contributed by atoms with E-state index in [2.05, 4.69) is 39.9 Å². The van der Waals surface area contributed by atoms with Gasteiger partial charge in [0.1, 0.15) is 0 Å². The molecule has 2 unspecified atom stereocenters. The molecule has 0 N–H and O–H groups in total. The van der Waals surface area contributed by atoms with Crippen molar-refractivity contribution in [2.45, 2.75) is 24.0 Å². The predicted molar refractivity (Wildman–Crippen MR) is 74.1 cm³/mol. The van der Waals surface area contributed by atoms with Crippen LogP contribution in [0.5, 0.6) is 0 Å². The maximum atomic E-state index is 6.00. The number of likely N-dealkylation sites (tertiary alicyclic amines) is 1. The number of benzene rings is 1.